The fraction of sp³-hybridized carbons (Fsp3) is 0.500. The molecule has 0 bridgehead atoms. The second-order valence-corrected chi connectivity index (χ2v) is 7.82. The zero-order valence-electron chi connectivity index (χ0n) is 16.1. The van der Waals surface area contributed by atoms with Crippen molar-refractivity contribution in [1.29, 1.82) is 0 Å². The minimum absolute atomic E-state index is 0.256. The molecule has 0 unspecified atom stereocenters. The van der Waals surface area contributed by atoms with Crippen molar-refractivity contribution in [3.05, 3.63) is 52.9 Å². The Morgan fingerprint density at radius 2 is 1.82 bits per heavy atom. The normalized spacial score (nSPS) is 17.4. The summed E-state index contributed by atoms with van der Waals surface area (Å²) >= 11 is 0. The van der Waals surface area contributed by atoms with E-state index in [4.69, 9.17) is 4.52 Å². The number of piperidine rings is 1. The molecule has 2 aromatic rings. The summed E-state index contributed by atoms with van der Waals surface area (Å²) in [5.74, 6) is 0.855. The van der Waals surface area contributed by atoms with Gasteiger partial charge in [0.1, 0.15) is 5.76 Å². The number of amides is 2. The Kier molecular flexibility index (Phi) is 5.86. The molecule has 1 aromatic carbocycles. The van der Waals surface area contributed by atoms with Gasteiger partial charge in [-0.25, -0.2) is 0 Å². The van der Waals surface area contributed by atoms with Gasteiger partial charge < -0.3 is 9.84 Å². The molecule has 1 aliphatic carbocycles. The highest BCUT2D eigenvalue weighted by molar-refractivity contribution is 6.04. The Labute approximate surface area is 165 Å². The Morgan fingerprint density at radius 1 is 1.07 bits per heavy atom. The van der Waals surface area contributed by atoms with Crippen molar-refractivity contribution < 1.29 is 14.1 Å². The lowest BCUT2D eigenvalue weighted by molar-refractivity contribution is -0.120. The number of carbonyl (C=O) groups excluding carboxylic acids is 2. The van der Waals surface area contributed by atoms with E-state index in [1.807, 2.05) is 30.3 Å². The number of imide groups is 1. The quantitative estimate of drug-likeness (QED) is 0.769. The lowest BCUT2D eigenvalue weighted by Crippen LogP contribution is -2.33. The van der Waals surface area contributed by atoms with Crippen LogP contribution in [0.5, 0.6) is 0 Å². The maximum atomic E-state index is 12.7. The van der Waals surface area contributed by atoms with Crippen LogP contribution in [-0.4, -0.2) is 30.1 Å². The summed E-state index contributed by atoms with van der Waals surface area (Å²) in [4.78, 5) is 25.0. The van der Waals surface area contributed by atoms with Gasteiger partial charge in [0.05, 0.1) is 0 Å². The summed E-state index contributed by atoms with van der Waals surface area (Å²) < 4.78 is 5.57. The van der Waals surface area contributed by atoms with Crippen LogP contribution in [0.4, 0.5) is 0 Å². The third-order valence-corrected chi connectivity index (χ3v) is 5.63. The van der Waals surface area contributed by atoms with Crippen molar-refractivity contribution in [3.63, 3.8) is 0 Å². The van der Waals surface area contributed by atoms with Crippen LogP contribution in [0.1, 0.15) is 77.7 Å². The molecule has 1 saturated heterocycles. The fourth-order valence-corrected chi connectivity index (χ4v) is 3.96. The van der Waals surface area contributed by atoms with Crippen LogP contribution in [0.2, 0.25) is 0 Å². The largest absolute Gasteiger partial charge is 0.360 e. The fourth-order valence-electron chi connectivity index (χ4n) is 3.96. The van der Waals surface area contributed by atoms with Gasteiger partial charge in [0.15, 0.2) is 5.69 Å². The lowest BCUT2D eigenvalue weighted by Gasteiger charge is -2.23. The van der Waals surface area contributed by atoms with E-state index in [1.165, 1.54) is 5.56 Å². The maximum Gasteiger partial charge on any atom is 0.280 e. The molecule has 1 aromatic heterocycles. The van der Waals surface area contributed by atoms with Crippen LogP contribution >= 0.6 is 0 Å². The van der Waals surface area contributed by atoms with Crippen LogP contribution in [0.25, 0.3) is 0 Å². The first kappa shape index (κ1) is 18.9. The third-order valence-electron chi connectivity index (χ3n) is 5.63. The maximum absolute atomic E-state index is 12.7. The molecule has 2 heterocycles. The molecular formula is C22H27N3O3. The smallest absolute Gasteiger partial charge is 0.280 e. The Hall–Kier alpha value is -2.47. The second-order valence-electron chi connectivity index (χ2n) is 7.82. The van der Waals surface area contributed by atoms with E-state index in [0.29, 0.717) is 24.5 Å². The first-order chi connectivity index (χ1) is 13.7. The first-order valence-corrected chi connectivity index (χ1v) is 10.3. The number of rotatable bonds is 7. The molecule has 1 aliphatic heterocycles. The molecule has 2 N–H and O–H groups in total. The van der Waals surface area contributed by atoms with Gasteiger partial charge in [0.2, 0.25) is 5.91 Å². The molecule has 28 heavy (non-hydrogen) atoms. The van der Waals surface area contributed by atoms with Crippen molar-refractivity contribution in [1.82, 2.24) is 15.8 Å². The van der Waals surface area contributed by atoms with E-state index in [0.717, 1.165) is 56.5 Å². The number of nitrogens with one attached hydrogen (secondary N) is 2. The molecule has 1 saturated carbocycles. The van der Waals surface area contributed by atoms with Gasteiger partial charge in [-0.2, -0.15) is 0 Å². The van der Waals surface area contributed by atoms with Crippen LogP contribution in [0.3, 0.4) is 0 Å². The molecular weight excluding hydrogens is 354 g/mol. The average Bonchev–Trinajstić information content (AvgIpc) is 3.47. The van der Waals surface area contributed by atoms with E-state index < -0.39 is 5.91 Å². The number of nitrogens with zero attached hydrogens (tertiary/aromatic N) is 1. The van der Waals surface area contributed by atoms with Gasteiger partial charge in [-0.3, -0.25) is 14.9 Å². The highest BCUT2D eigenvalue weighted by Gasteiger charge is 2.37. The van der Waals surface area contributed by atoms with Crippen LogP contribution in [0.15, 0.2) is 34.9 Å². The predicted molar refractivity (Wildman–Crippen MR) is 105 cm³/mol. The van der Waals surface area contributed by atoms with Crippen molar-refractivity contribution in [2.75, 3.05) is 13.1 Å². The summed E-state index contributed by atoms with van der Waals surface area (Å²) in [6.07, 6.45) is 5.95. The highest BCUT2D eigenvalue weighted by Crippen LogP contribution is 2.45. The topological polar surface area (TPSA) is 84.2 Å². The van der Waals surface area contributed by atoms with E-state index in [-0.39, 0.29) is 11.8 Å². The molecule has 0 atom stereocenters. The SMILES string of the molecule is O=C(CCCc1ccccc1)NC(=O)c1noc(C2CC2)c1C1CCNCC1. The Bertz CT molecular complexity index is 821. The van der Waals surface area contributed by atoms with Gasteiger partial charge in [0.25, 0.3) is 5.91 Å². The standard InChI is InChI=1S/C22H27N3O3/c26-18(8-4-7-15-5-2-1-3-6-15)24-22(27)20-19(16-11-13-23-14-12-16)21(28-25-20)17-9-10-17/h1-3,5-6,16-17,23H,4,7-14H2,(H,24,26,27). The third kappa shape index (κ3) is 4.50. The summed E-state index contributed by atoms with van der Waals surface area (Å²) in [5, 5.41) is 9.95. The van der Waals surface area contributed by atoms with E-state index in [1.54, 1.807) is 0 Å². The van der Waals surface area contributed by atoms with Gasteiger partial charge in [-0.05, 0) is 63.1 Å². The lowest BCUT2D eigenvalue weighted by atomic mass is 9.87. The molecule has 0 spiro atoms. The van der Waals surface area contributed by atoms with Gasteiger partial charge >= 0.3 is 0 Å². The van der Waals surface area contributed by atoms with Crippen LogP contribution in [-0.2, 0) is 11.2 Å². The molecule has 4 rings (SSSR count). The Balaban J connectivity index is 1.38. The van der Waals surface area contributed by atoms with E-state index in [9.17, 15) is 9.59 Å². The van der Waals surface area contributed by atoms with Crippen LogP contribution < -0.4 is 10.6 Å². The summed E-state index contributed by atoms with van der Waals surface area (Å²) in [6.45, 7) is 1.86. The number of hydrogen-bond acceptors (Lipinski definition) is 5. The number of carbonyl (C=O) groups is 2. The van der Waals surface area contributed by atoms with Crippen molar-refractivity contribution in [2.45, 2.75) is 56.8 Å². The molecule has 2 fully saturated rings. The molecule has 148 valence electrons. The zero-order valence-corrected chi connectivity index (χ0v) is 16.1. The highest BCUT2D eigenvalue weighted by atomic mass is 16.5. The monoisotopic (exact) mass is 381 g/mol. The minimum Gasteiger partial charge on any atom is -0.360 e. The van der Waals surface area contributed by atoms with Crippen LogP contribution in [0, 0.1) is 0 Å². The second kappa shape index (κ2) is 8.69. The summed E-state index contributed by atoms with van der Waals surface area (Å²) in [5.41, 5.74) is 2.45. The number of hydrogen-bond donors (Lipinski definition) is 2. The van der Waals surface area contributed by atoms with Gasteiger partial charge in [-0.15, -0.1) is 0 Å². The summed E-state index contributed by atoms with van der Waals surface area (Å²) in [7, 11) is 0. The first-order valence-electron chi connectivity index (χ1n) is 10.3. The predicted octanol–water partition coefficient (Wildman–Crippen LogP) is 3.30. The van der Waals surface area contributed by atoms with E-state index >= 15 is 0 Å². The number of aryl methyl sites for hydroxylation is 1. The van der Waals surface area contributed by atoms with Crippen molar-refractivity contribution >= 4 is 11.8 Å². The molecule has 2 amide bonds. The molecule has 2 aliphatic rings. The Morgan fingerprint density at radius 3 is 2.54 bits per heavy atom. The van der Waals surface area contributed by atoms with Gasteiger partial charge in [0, 0.05) is 17.9 Å². The van der Waals surface area contributed by atoms with Crippen molar-refractivity contribution in [2.24, 2.45) is 0 Å². The van der Waals surface area contributed by atoms with Crippen molar-refractivity contribution in [3.8, 4) is 0 Å². The minimum atomic E-state index is -0.422. The average molecular weight is 381 g/mol. The number of benzene rings is 1. The molecule has 6 nitrogen and oxygen atoms in total. The molecule has 6 heteroatoms. The number of aromatic nitrogens is 1. The molecule has 0 radical (unpaired) electrons. The van der Waals surface area contributed by atoms with E-state index in [2.05, 4.69) is 15.8 Å². The summed E-state index contributed by atoms with van der Waals surface area (Å²) in [6, 6.07) is 10.0. The zero-order chi connectivity index (χ0) is 19.3. The van der Waals surface area contributed by atoms with Gasteiger partial charge in [-0.1, -0.05) is 35.5 Å².